The van der Waals surface area contributed by atoms with Crippen molar-refractivity contribution in [2.75, 3.05) is 0 Å². The summed E-state index contributed by atoms with van der Waals surface area (Å²) in [5, 5.41) is 10.6. The van der Waals surface area contributed by atoms with E-state index in [1.165, 1.54) is 6.07 Å². The van der Waals surface area contributed by atoms with E-state index in [0.717, 1.165) is 0 Å². The molecule has 0 unspecified atom stereocenters. The van der Waals surface area contributed by atoms with Crippen molar-refractivity contribution in [2.24, 2.45) is 0 Å². The normalized spacial score (nSPS) is 13.6. The Hall–Kier alpha value is -1.43. The van der Waals surface area contributed by atoms with Gasteiger partial charge in [0.25, 0.3) is 5.69 Å². The van der Waals surface area contributed by atoms with Gasteiger partial charge in [-0.05, 0) is 22.0 Å². The number of hydrogen-bond acceptors (Lipinski definition) is 4. The summed E-state index contributed by atoms with van der Waals surface area (Å²) in [6.07, 6.45) is 0. The third-order valence-corrected chi connectivity index (χ3v) is 2.58. The molecule has 14 heavy (non-hydrogen) atoms. The first-order valence-electron chi connectivity index (χ1n) is 3.73. The van der Waals surface area contributed by atoms with Crippen LogP contribution in [-0.2, 0) is 11.3 Å². The Morgan fingerprint density at radius 3 is 2.86 bits per heavy atom. The van der Waals surface area contributed by atoms with Crippen LogP contribution in [0, 0.1) is 10.1 Å². The first kappa shape index (κ1) is 9.14. The number of rotatable bonds is 1. The van der Waals surface area contributed by atoms with E-state index in [9.17, 15) is 14.9 Å². The maximum absolute atomic E-state index is 11.1. The summed E-state index contributed by atoms with van der Waals surface area (Å²) >= 11 is 3.06. The van der Waals surface area contributed by atoms with Crippen molar-refractivity contribution >= 4 is 27.6 Å². The van der Waals surface area contributed by atoms with Crippen LogP contribution in [0.25, 0.3) is 0 Å². The van der Waals surface area contributed by atoms with E-state index in [-0.39, 0.29) is 17.9 Å². The van der Waals surface area contributed by atoms with E-state index in [4.69, 9.17) is 4.74 Å². The summed E-state index contributed by atoms with van der Waals surface area (Å²) in [4.78, 5) is 21.1. The van der Waals surface area contributed by atoms with Crippen molar-refractivity contribution in [2.45, 2.75) is 6.61 Å². The average Bonchev–Trinajstić information content (AvgIpc) is 2.46. The first-order chi connectivity index (χ1) is 6.59. The van der Waals surface area contributed by atoms with Gasteiger partial charge in [0.2, 0.25) is 0 Å². The number of nitro benzene ring substituents is 1. The third-order valence-electron chi connectivity index (χ3n) is 1.95. The molecule has 0 bridgehead atoms. The highest BCUT2D eigenvalue weighted by Crippen LogP contribution is 2.31. The topological polar surface area (TPSA) is 69.4 Å². The van der Waals surface area contributed by atoms with E-state index >= 15 is 0 Å². The molecule has 2 rings (SSSR count). The van der Waals surface area contributed by atoms with E-state index in [1.807, 2.05) is 0 Å². The second-order valence-corrected chi connectivity index (χ2v) is 3.65. The fourth-order valence-corrected chi connectivity index (χ4v) is 1.81. The van der Waals surface area contributed by atoms with Crippen molar-refractivity contribution in [3.8, 4) is 0 Å². The molecule has 0 saturated carbocycles. The Bertz CT molecular complexity index is 442. The van der Waals surface area contributed by atoms with Gasteiger partial charge in [-0.25, -0.2) is 4.79 Å². The van der Waals surface area contributed by atoms with Crippen LogP contribution in [0.3, 0.4) is 0 Å². The van der Waals surface area contributed by atoms with Crippen LogP contribution in [0.5, 0.6) is 0 Å². The molecule has 6 heteroatoms. The Kier molecular flexibility index (Phi) is 1.99. The molecule has 1 heterocycles. The van der Waals surface area contributed by atoms with E-state index in [0.29, 0.717) is 10.0 Å². The van der Waals surface area contributed by atoms with E-state index < -0.39 is 10.9 Å². The lowest BCUT2D eigenvalue weighted by Gasteiger charge is -1.97. The van der Waals surface area contributed by atoms with Crippen molar-refractivity contribution in [1.82, 2.24) is 0 Å². The summed E-state index contributed by atoms with van der Waals surface area (Å²) < 4.78 is 5.09. The minimum absolute atomic E-state index is 0.123. The van der Waals surface area contributed by atoms with Gasteiger partial charge in [-0.2, -0.15) is 0 Å². The molecule has 5 nitrogen and oxygen atoms in total. The predicted molar refractivity (Wildman–Crippen MR) is 49.9 cm³/mol. The molecule has 0 atom stereocenters. The molecule has 0 saturated heterocycles. The number of esters is 1. The van der Waals surface area contributed by atoms with Crippen LogP contribution in [0.1, 0.15) is 15.9 Å². The summed E-state index contributed by atoms with van der Waals surface area (Å²) in [6.45, 7) is 0.185. The van der Waals surface area contributed by atoms with E-state index in [2.05, 4.69) is 15.9 Å². The van der Waals surface area contributed by atoms with Gasteiger partial charge in [-0.3, -0.25) is 10.1 Å². The number of benzene rings is 1. The maximum Gasteiger partial charge on any atom is 0.339 e. The highest BCUT2D eigenvalue weighted by Gasteiger charge is 2.26. The van der Waals surface area contributed by atoms with Gasteiger partial charge in [0.15, 0.2) is 0 Å². The Morgan fingerprint density at radius 2 is 2.21 bits per heavy atom. The molecule has 0 aliphatic carbocycles. The number of fused-ring (bicyclic) bond motifs is 1. The SMILES string of the molecule is O=C1OCc2cc(Br)c([N+](=O)[O-])cc21. The predicted octanol–water partition coefficient (Wildman–Crippen LogP) is 2.03. The van der Waals surface area contributed by atoms with Gasteiger partial charge in [0, 0.05) is 11.6 Å². The molecule has 1 aromatic rings. The number of carbonyl (C=O) groups excluding carboxylic acids is 1. The molecule has 1 aromatic carbocycles. The summed E-state index contributed by atoms with van der Waals surface area (Å²) in [7, 11) is 0. The van der Waals surface area contributed by atoms with Crippen molar-refractivity contribution in [3.05, 3.63) is 37.8 Å². The van der Waals surface area contributed by atoms with Crippen LogP contribution in [0.2, 0.25) is 0 Å². The van der Waals surface area contributed by atoms with Crippen molar-refractivity contribution in [1.29, 1.82) is 0 Å². The van der Waals surface area contributed by atoms with Gasteiger partial charge in [-0.1, -0.05) is 0 Å². The Balaban J connectivity index is 2.62. The molecule has 72 valence electrons. The molecular formula is C8H4BrNO4. The largest absolute Gasteiger partial charge is 0.457 e. The highest BCUT2D eigenvalue weighted by molar-refractivity contribution is 9.10. The summed E-state index contributed by atoms with van der Waals surface area (Å²) in [5.74, 6) is -0.504. The van der Waals surface area contributed by atoms with Gasteiger partial charge < -0.3 is 4.74 Å². The first-order valence-corrected chi connectivity index (χ1v) is 4.53. The molecule has 0 N–H and O–H groups in total. The summed E-state index contributed by atoms with van der Waals surface area (Å²) in [6, 6.07) is 2.77. The van der Waals surface area contributed by atoms with Gasteiger partial charge in [-0.15, -0.1) is 0 Å². The van der Waals surface area contributed by atoms with Crippen LogP contribution in [0.4, 0.5) is 5.69 Å². The molecule has 0 fully saturated rings. The van der Waals surface area contributed by atoms with Crippen LogP contribution in [-0.4, -0.2) is 10.9 Å². The van der Waals surface area contributed by atoms with Crippen LogP contribution < -0.4 is 0 Å². The minimum Gasteiger partial charge on any atom is -0.457 e. The van der Waals surface area contributed by atoms with Gasteiger partial charge in [0.05, 0.1) is 15.0 Å². The molecule has 0 radical (unpaired) electrons. The van der Waals surface area contributed by atoms with Gasteiger partial charge in [0.1, 0.15) is 6.61 Å². The molecule has 1 aliphatic rings. The smallest absolute Gasteiger partial charge is 0.339 e. The van der Waals surface area contributed by atoms with Crippen molar-refractivity contribution < 1.29 is 14.5 Å². The fourth-order valence-electron chi connectivity index (χ4n) is 1.27. The Labute approximate surface area is 87.0 Å². The zero-order valence-electron chi connectivity index (χ0n) is 6.82. The molecule has 0 aromatic heterocycles. The number of nitrogens with zero attached hydrogens (tertiary/aromatic N) is 1. The monoisotopic (exact) mass is 257 g/mol. The lowest BCUT2D eigenvalue weighted by Crippen LogP contribution is -1.96. The number of nitro groups is 1. The zero-order chi connectivity index (χ0) is 10.3. The molecule has 0 amide bonds. The number of cyclic esters (lactones) is 1. The second kappa shape index (κ2) is 3.06. The quantitative estimate of drug-likeness (QED) is 0.439. The van der Waals surface area contributed by atoms with Crippen LogP contribution >= 0.6 is 15.9 Å². The second-order valence-electron chi connectivity index (χ2n) is 2.79. The summed E-state index contributed by atoms with van der Waals surface area (Å²) in [5.41, 5.74) is 0.829. The lowest BCUT2D eigenvalue weighted by molar-refractivity contribution is -0.385. The number of ether oxygens (including phenoxy) is 1. The minimum atomic E-state index is -0.546. The van der Waals surface area contributed by atoms with Gasteiger partial charge >= 0.3 is 5.97 Å². The molecule has 1 aliphatic heterocycles. The standard InChI is InChI=1S/C8H4BrNO4/c9-6-1-4-3-14-8(11)5(4)2-7(6)10(12)13/h1-2H,3H2. The number of halogens is 1. The fraction of sp³-hybridized carbons (Fsp3) is 0.125. The Morgan fingerprint density at radius 1 is 1.50 bits per heavy atom. The third kappa shape index (κ3) is 1.27. The number of carbonyl (C=O) groups is 1. The number of hydrogen-bond donors (Lipinski definition) is 0. The van der Waals surface area contributed by atoms with Crippen LogP contribution in [0.15, 0.2) is 16.6 Å². The maximum atomic E-state index is 11.1. The average molecular weight is 258 g/mol. The zero-order valence-corrected chi connectivity index (χ0v) is 8.41. The lowest BCUT2D eigenvalue weighted by atomic mass is 10.1. The van der Waals surface area contributed by atoms with Crippen molar-refractivity contribution in [3.63, 3.8) is 0 Å². The van der Waals surface area contributed by atoms with E-state index in [1.54, 1.807) is 6.07 Å². The molecular weight excluding hydrogens is 254 g/mol. The molecule has 0 spiro atoms. The highest BCUT2D eigenvalue weighted by atomic mass is 79.9.